The molecule has 1 amide bonds. The summed E-state index contributed by atoms with van der Waals surface area (Å²) in [7, 11) is 0. The monoisotopic (exact) mass is 340 g/mol. The molecule has 8 heteroatoms. The Morgan fingerprint density at radius 3 is 2.71 bits per heavy atom. The van der Waals surface area contributed by atoms with Crippen LogP contribution in [0.3, 0.4) is 0 Å². The van der Waals surface area contributed by atoms with Gasteiger partial charge in [-0.15, -0.1) is 0 Å². The maximum Gasteiger partial charge on any atom is 0.273 e. The Balaban J connectivity index is 1.78. The van der Waals surface area contributed by atoms with Gasteiger partial charge in [0.15, 0.2) is 17.3 Å². The van der Waals surface area contributed by atoms with E-state index in [1.807, 2.05) is 13.8 Å². The van der Waals surface area contributed by atoms with Crippen LogP contribution in [0.1, 0.15) is 36.0 Å². The predicted molar refractivity (Wildman–Crippen MR) is 80.8 cm³/mol. The number of aromatic nitrogens is 1. The molecule has 0 aliphatic heterocycles. The predicted octanol–water partition coefficient (Wildman–Crippen LogP) is 2.25. The Bertz CT molecular complexity index is 703. The summed E-state index contributed by atoms with van der Waals surface area (Å²) in [6.07, 6.45) is -1.03. The lowest BCUT2D eigenvalue weighted by molar-refractivity contribution is 0.0836. The van der Waals surface area contributed by atoms with Crippen molar-refractivity contribution in [3.8, 4) is 5.75 Å². The maximum atomic E-state index is 13.0. The van der Waals surface area contributed by atoms with Gasteiger partial charge in [-0.3, -0.25) is 4.79 Å². The molecule has 0 saturated heterocycles. The van der Waals surface area contributed by atoms with E-state index in [4.69, 9.17) is 9.26 Å². The lowest BCUT2D eigenvalue weighted by atomic mass is 10.1. The quantitative estimate of drug-likeness (QED) is 0.807. The molecule has 0 bridgehead atoms. The first-order chi connectivity index (χ1) is 11.4. The zero-order chi connectivity index (χ0) is 17.7. The molecule has 0 spiro atoms. The van der Waals surface area contributed by atoms with Gasteiger partial charge in [0, 0.05) is 24.6 Å². The normalized spacial score (nSPS) is 12.2. The van der Waals surface area contributed by atoms with Crippen LogP contribution in [0.15, 0.2) is 28.8 Å². The molecule has 2 aromatic rings. The number of amides is 1. The molecule has 0 aliphatic rings. The van der Waals surface area contributed by atoms with Gasteiger partial charge >= 0.3 is 0 Å². The van der Waals surface area contributed by atoms with E-state index in [0.29, 0.717) is 5.76 Å². The van der Waals surface area contributed by atoms with Crippen LogP contribution in [-0.2, 0) is 0 Å². The summed E-state index contributed by atoms with van der Waals surface area (Å²) in [5.41, 5.74) is 0.118. The van der Waals surface area contributed by atoms with Gasteiger partial charge in [-0.25, -0.2) is 8.78 Å². The molecule has 1 atom stereocenters. The Kier molecular flexibility index (Phi) is 5.86. The van der Waals surface area contributed by atoms with E-state index in [2.05, 4.69) is 10.5 Å². The van der Waals surface area contributed by atoms with E-state index in [-0.39, 0.29) is 30.5 Å². The molecule has 0 aliphatic carbocycles. The highest BCUT2D eigenvalue weighted by atomic mass is 19.2. The number of aliphatic hydroxyl groups is 1. The smallest absolute Gasteiger partial charge is 0.273 e. The topological polar surface area (TPSA) is 84.6 Å². The number of halogens is 2. The average molecular weight is 340 g/mol. The second-order valence-electron chi connectivity index (χ2n) is 5.52. The molecule has 1 heterocycles. The fraction of sp³-hybridized carbons (Fsp3) is 0.375. The van der Waals surface area contributed by atoms with Crippen LogP contribution in [0.25, 0.3) is 0 Å². The van der Waals surface area contributed by atoms with Gasteiger partial charge in [-0.1, -0.05) is 19.0 Å². The van der Waals surface area contributed by atoms with Gasteiger partial charge in [0.05, 0.1) is 0 Å². The minimum Gasteiger partial charge on any atom is -0.491 e. The first-order valence-electron chi connectivity index (χ1n) is 7.37. The third kappa shape index (κ3) is 4.76. The molecule has 1 aromatic carbocycles. The molecule has 2 N–H and O–H groups in total. The Morgan fingerprint density at radius 1 is 1.33 bits per heavy atom. The number of nitrogens with zero attached hydrogens (tertiary/aromatic N) is 1. The van der Waals surface area contributed by atoms with Gasteiger partial charge in [-0.05, 0) is 12.1 Å². The zero-order valence-corrected chi connectivity index (χ0v) is 13.3. The molecule has 0 saturated carbocycles. The lowest BCUT2D eigenvalue weighted by Crippen LogP contribution is -2.35. The minimum absolute atomic E-state index is 0.0809. The summed E-state index contributed by atoms with van der Waals surface area (Å²) >= 11 is 0. The summed E-state index contributed by atoms with van der Waals surface area (Å²) in [5, 5.41) is 15.9. The molecule has 6 nitrogen and oxygen atoms in total. The van der Waals surface area contributed by atoms with Crippen molar-refractivity contribution in [2.75, 3.05) is 13.2 Å². The van der Waals surface area contributed by atoms with E-state index >= 15 is 0 Å². The fourth-order valence-electron chi connectivity index (χ4n) is 1.79. The second-order valence-corrected chi connectivity index (χ2v) is 5.52. The summed E-state index contributed by atoms with van der Waals surface area (Å²) in [4.78, 5) is 11.9. The second kappa shape index (κ2) is 7.87. The minimum atomic E-state index is -1.04. The number of nitrogens with one attached hydrogen (secondary N) is 1. The molecule has 0 fully saturated rings. The van der Waals surface area contributed by atoms with E-state index in [9.17, 15) is 18.7 Å². The number of ether oxygens (including phenoxy) is 1. The number of hydrogen-bond donors (Lipinski definition) is 2. The van der Waals surface area contributed by atoms with E-state index in [1.54, 1.807) is 0 Å². The van der Waals surface area contributed by atoms with Gasteiger partial charge in [0.2, 0.25) is 0 Å². The highest BCUT2D eigenvalue weighted by Gasteiger charge is 2.16. The first-order valence-corrected chi connectivity index (χ1v) is 7.37. The number of benzene rings is 1. The number of rotatable bonds is 7. The fourth-order valence-corrected chi connectivity index (χ4v) is 1.79. The number of hydrogen-bond acceptors (Lipinski definition) is 5. The summed E-state index contributed by atoms with van der Waals surface area (Å²) in [6.45, 7) is 3.52. The Hall–Kier alpha value is -2.48. The van der Waals surface area contributed by atoms with Gasteiger partial charge in [0.1, 0.15) is 24.2 Å². The van der Waals surface area contributed by atoms with Crippen molar-refractivity contribution in [1.82, 2.24) is 10.5 Å². The van der Waals surface area contributed by atoms with E-state index in [1.165, 1.54) is 12.1 Å². The molecule has 1 aromatic heterocycles. The lowest BCUT2D eigenvalue weighted by Gasteiger charge is -2.13. The molecular weight excluding hydrogens is 322 g/mol. The zero-order valence-electron chi connectivity index (χ0n) is 13.3. The maximum absolute atomic E-state index is 13.0. The standard InChI is InChI=1S/C16H18F2N2O4/c1-9(2)15-6-14(20-24-15)16(22)19-7-10(21)8-23-11-3-4-12(17)13(18)5-11/h3-6,9-10,21H,7-8H2,1-2H3,(H,19,22). The van der Waals surface area contributed by atoms with E-state index < -0.39 is 23.6 Å². The van der Waals surface area contributed by atoms with Crippen LogP contribution in [-0.4, -0.2) is 35.4 Å². The largest absolute Gasteiger partial charge is 0.491 e. The molecule has 2 rings (SSSR count). The Labute approximate surface area is 137 Å². The van der Waals surface area contributed by atoms with Crippen LogP contribution in [0, 0.1) is 11.6 Å². The highest BCUT2D eigenvalue weighted by molar-refractivity contribution is 5.92. The first kappa shape index (κ1) is 17.9. The number of carbonyl (C=O) groups is 1. The van der Waals surface area contributed by atoms with Gasteiger partial charge < -0.3 is 19.7 Å². The van der Waals surface area contributed by atoms with Crippen LogP contribution in [0.4, 0.5) is 8.78 Å². The van der Waals surface area contributed by atoms with E-state index in [0.717, 1.165) is 12.1 Å². The summed E-state index contributed by atoms with van der Waals surface area (Å²) < 4.78 is 35.9. The number of carbonyl (C=O) groups excluding carboxylic acids is 1. The molecule has 24 heavy (non-hydrogen) atoms. The molecule has 1 unspecified atom stereocenters. The van der Waals surface area contributed by atoms with Crippen LogP contribution >= 0.6 is 0 Å². The van der Waals surface area contributed by atoms with Crippen molar-refractivity contribution in [1.29, 1.82) is 0 Å². The molecule has 130 valence electrons. The SMILES string of the molecule is CC(C)c1cc(C(=O)NCC(O)COc2ccc(F)c(F)c2)no1. The van der Waals surface area contributed by atoms with Crippen molar-refractivity contribution in [3.05, 3.63) is 47.4 Å². The Morgan fingerprint density at radius 2 is 2.08 bits per heavy atom. The number of aliphatic hydroxyl groups excluding tert-OH is 1. The average Bonchev–Trinajstić information content (AvgIpc) is 3.04. The summed E-state index contributed by atoms with van der Waals surface area (Å²) in [6, 6.07) is 4.58. The van der Waals surface area contributed by atoms with Crippen LogP contribution in [0.5, 0.6) is 5.75 Å². The molecule has 0 radical (unpaired) electrons. The third-order valence-electron chi connectivity index (χ3n) is 3.16. The summed E-state index contributed by atoms with van der Waals surface area (Å²) in [5.74, 6) is -1.74. The highest BCUT2D eigenvalue weighted by Crippen LogP contribution is 2.16. The van der Waals surface area contributed by atoms with Crippen molar-refractivity contribution >= 4 is 5.91 Å². The van der Waals surface area contributed by atoms with Crippen LogP contribution in [0.2, 0.25) is 0 Å². The third-order valence-corrected chi connectivity index (χ3v) is 3.16. The molecular formula is C16H18F2N2O4. The van der Waals surface area contributed by atoms with Crippen molar-refractivity contribution in [3.63, 3.8) is 0 Å². The van der Waals surface area contributed by atoms with Crippen molar-refractivity contribution < 1.29 is 27.9 Å². The van der Waals surface area contributed by atoms with Gasteiger partial charge in [0.25, 0.3) is 5.91 Å². The van der Waals surface area contributed by atoms with Crippen molar-refractivity contribution in [2.45, 2.75) is 25.9 Å². The van der Waals surface area contributed by atoms with Crippen LogP contribution < -0.4 is 10.1 Å². The van der Waals surface area contributed by atoms with Crippen molar-refractivity contribution in [2.24, 2.45) is 0 Å². The van der Waals surface area contributed by atoms with Gasteiger partial charge in [-0.2, -0.15) is 0 Å².